The molecule has 0 aromatic rings. The summed E-state index contributed by atoms with van der Waals surface area (Å²) >= 11 is 0. The maximum Gasteiger partial charge on any atom is 0.410 e. The van der Waals surface area contributed by atoms with Crippen molar-refractivity contribution in [1.29, 1.82) is 0 Å². The van der Waals surface area contributed by atoms with Crippen molar-refractivity contribution in [2.45, 2.75) is 65.0 Å². The summed E-state index contributed by atoms with van der Waals surface area (Å²) in [4.78, 5) is 15.9. The molecule has 1 saturated carbocycles. The van der Waals surface area contributed by atoms with Crippen LogP contribution in [0.25, 0.3) is 0 Å². The van der Waals surface area contributed by atoms with Crippen LogP contribution in [0.15, 0.2) is 0 Å². The summed E-state index contributed by atoms with van der Waals surface area (Å²) in [7, 11) is 3.98. The van der Waals surface area contributed by atoms with E-state index in [1.54, 1.807) is 4.90 Å². The molecular weight excluding hydrogens is 252 g/mol. The molecule has 0 aromatic carbocycles. The SMILES string of the molecule is CN(CCN(C)[C@H]1CC[C@H](C)CC1)C(=O)OC(C)(C)C. The molecule has 1 rings (SSSR count). The third-order valence-corrected chi connectivity index (χ3v) is 4.10. The van der Waals surface area contributed by atoms with Gasteiger partial charge in [-0.25, -0.2) is 4.79 Å². The number of rotatable bonds is 4. The summed E-state index contributed by atoms with van der Waals surface area (Å²) in [5.41, 5.74) is -0.420. The van der Waals surface area contributed by atoms with E-state index in [1.165, 1.54) is 25.7 Å². The van der Waals surface area contributed by atoms with E-state index in [0.717, 1.165) is 19.0 Å². The molecular formula is C16H32N2O2. The van der Waals surface area contributed by atoms with Gasteiger partial charge in [-0.05, 0) is 59.4 Å². The van der Waals surface area contributed by atoms with Gasteiger partial charge in [-0.3, -0.25) is 0 Å². The fraction of sp³-hybridized carbons (Fsp3) is 0.938. The first-order valence-corrected chi connectivity index (χ1v) is 7.83. The number of amides is 1. The van der Waals surface area contributed by atoms with Crippen LogP contribution in [0.4, 0.5) is 4.79 Å². The lowest BCUT2D eigenvalue weighted by atomic mass is 9.87. The standard InChI is InChI=1S/C16H32N2O2/c1-13-7-9-14(10-8-13)17(5)11-12-18(6)15(19)20-16(2,3)4/h13-14H,7-12H2,1-6H3/t13-,14-. The Morgan fingerprint density at radius 1 is 1.10 bits per heavy atom. The van der Waals surface area contributed by atoms with Gasteiger partial charge in [0.1, 0.15) is 5.60 Å². The van der Waals surface area contributed by atoms with E-state index >= 15 is 0 Å². The molecule has 0 atom stereocenters. The quantitative estimate of drug-likeness (QED) is 0.793. The minimum atomic E-state index is -0.420. The molecule has 1 amide bonds. The Labute approximate surface area is 124 Å². The van der Waals surface area contributed by atoms with Crippen LogP contribution >= 0.6 is 0 Å². The second-order valence-electron chi connectivity index (χ2n) is 7.30. The molecule has 0 aliphatic heterocycles. The zero-order valence-electron chi connectivity index (χ0n) is 14.1. The van der Waals surface area contributed by atoms with Crippen LogP contribution in [0, 0.1) is 5.92 Å². The van der Waals surface area contributed by atoms with E-state index in [0.29, 0.717) is 6.04 Å². The highest BCUT2D eigenvalue weighted by molar-refractivity contribution is 5.67. The topological polar surface area (TPSA) is 32.8 Å². The van der Waals surface area contributed by atoms with Gasteiger partial charge in [0, 0.05) is 26.2 Å². The zero-order chi connectivity index (χ0) is 15.3. The van der Waals surface area contributed by atoms with E-state index in [-0.39, 0.29) is 6.09 Å². The molecule has 0 radical (unpaired) electrons. The van der Waals surface area contributed by atoms with Crippen molar-refractivity contribution in [3.63, 3.8) is 0 Å². The molecule has 0 spiro atoms. The van der Waals surface area contributed by atoms with E-state index in [2.05, 4.69) is 18.9 Å². The number of carbonyl (C=O) groups excluding carboxylic acids is 1. The molecule has 118 valence electrons. The van der Waals surface area contributed by atoms with E-state index < -0.39 is 5.60 Å². The van der Waals surface area contributed by atoms with Crippen LogP contribution in [0.1, 0.15) is 53.4 Å². The van der Waals surface area contributed by atoms with Gasteiger partial charge in [0.25, 0.3) is 0 Å². The second-order valence-corrected chi connectivity index (χ2v) is 7.30. The first-order chi connectivity index (χ1) is 9.19. The summed E-state index contributed by atoms with van der Waals surface area (Å²) < 4.78 is 5.36. The average Bonchev–Trinajstić information content (AvgIpc) is 2.34. The first-order valence-electron chi connectivity index (χ1n) is 7.83. The van der Waals surface area contributed by atoms with Crippen LogP contribution in [0.2, 0.25) is 0 Å². The number of ether oxygens (including phenoxy) is 1. The van der Waals surface area contributed by atoms with Gasteiger partial charge in [-0.2, -0.15) is 0 Å². The maximum atomic E-state index is 11.9. The monoisotopic (exact) mass is 284 g/mol. The third kappa shape index (κ3) is 6.12. The van der Waals surface area contributed by atoms with Gasteiger partial charge in [0.15, 0.2) is 0 Å². The molecule has 0 unspecified atom stereocenters. The highest BCUT2D eigenvalue weighted by Gasteiger charge is 2.23. The van der Waals surface area contributed by atoms with Crippen LogP contribution in [-0.2, 0) is 4.74 Å². The van der Waals surface area contributed by atoms with Gasteiger partial charge in [0.2, 0.25) is 0 Å². The minimum Gasteiger partial charge on any atom is -0.444 e. The van der Waals surface area contributed by atoms with Gasteiger partial charge < -0.3 is 14.5 Å². The Hall–Kier alpha value is -0.770. The maximum absolute atomic E-state index is 11.9. The van der Waals surface area contributed by atoms with Gasteiger partial charge in [-0.1, -0.05) is 6.92 Å². The summed E-state index contributed by atoms with van der Waals surface area (Å²) in [6, 6.07) is 0.679. The lowest BCUT2D eigenvalue weighted by Crippen LogP contribution is -2.42. The Kier molecular flexibility index (Phi) is 6.31. The molecule has 0 N–H and O–H groups in total. The normalized spacial score (nSPS) is 23.8. The Morgan fingerprint density at radius 3 is 2.15 bits per heavy atom. The van der Waals surface area contributed by atoms with Gasteiger partial charge >= 0.3 is 6.09 Å². The molecule has 1 aliphatic rings. The van der Waals surface area contributed by atoms with Crippen molar-refractivity contribution in [2.75, 3.05) is 27.2 Å². The lowest BCUT2D eigenvalue weighted by molar-refractivity contribution is 0.0275. The minimum absolute atomic E-state index is 0.233. The van der Waals surface area contributed by atoms with E-state index in [9.17, 15) is 4.79 Å². The molecule has 4 nitrogen and oxygen atoms in total. The fourth-order valence-electron chi connectivity index (χ4n) is 2.60. The predicted octanol–water partition coefficient (Wildman–Crippen LogP) is 3.36. The fourth-order valence-corrected chi connectivity index (χ4v) is 2.60. The van der Waals surface area contributed by atoms with Crippen LogP contribution in [0.3, 0.4) is 0 Å². The summed E-state index contributed by atoms with van der Waals surface area (Å²) in [5, 5.41) is 0. The van der Waals surface area contributed by atoms with Crippen molar-refractivity contribution in [1.82, 2.24) is 9.80 Å². The number of nitrogens with zero attached hydrogens (tertiary/aromatic N) is 2. The molecule has 4 heteroatoms. The van der Waals surface area contributed by atoms with Crippen LogP contribution < -0.4 is 0 Å². The number of likely N-dealkylation sites (N-methyl/N-ethyl adjacent to an activating group) is 2. The first kappa shape index (κ1) is 17.3. The van der Waals surface area contributed by atoms with Crippen molar-refractivity contribution < 1.29 is 9.53 Å². The smallest absolute Gasteiger partial charge is 0.410 e. The number of carbonyl (C=O) groups is 1. The van der Waals surface area contributed by atoms with Crippen molar-refractivity contribution in [3.05, 3.63) is 0 Å². The molecule has 0 aromatic heterocycles. The summed E-state index contributed by atoms with van der Waals surface area (Å²) in [6.07, 6.45) is 5.00. The Morgan fingerprint density at radius 2 is 1.65 bits per heavy atom. The molecule has 0 saturated heterocycles. The highest BCUT2D eigenvalue weighted by Crippen LogP contribution is 2.26. The van der Waals surface area contributed by atoms with E-state index in [4.69, 9.17) is 4.74 Å². The Bertz CT molecular complexity index is 304. The number of hydrogen-bond acceptors (Lipinski definition) is 3. The van der Waals surface area contributed by atoms with E-state index in [1.807, 2.05) is 27.8 Å². The Balaban J connectivity index is 2.29. The molecule has 0 bridgehead atoms. The molecule has 0 heterocycles. The zero-order valence-corrected chi connectivity index (χ0v) is 14.1. The molecule has 1 aliphatic carbocycles. The van der Waals surface area contributed by atoms with Crippen molar-refractivity contribution >= 4 is 6.09 Å². The largest absolute Gasteiger partial charge is 0.444 e. The second kappa shape index (κ2) is 7.30. The third-order valence-electron chi connectivity index (χ3n) is 4.10. The van der Waals surface area contributed by atoms with Gasteiger partial charge in [0.05, 0.1) is 0 Å². The van der Waals surface area contributed by atoms with Crippen molar-refractivity contribution in [2.24, 2.45) is 5.92 Å². The summed E-state index contributed by atoms with van der Waals surface area (Å²) in [6.45, 7) is 9.66. The van der Waals surface area contributed by atoms with Crippen LogP contribution in [0.5, 0.6) is 0 Å². The summed E-state index contributed by atoms with van der Waals surface area (Å²) in [5.74, 6) is 0.879. The highest BCUT2D eigenvalue weighted by atomic mass is 16.6. The number of hydrogen-bond donors (Lipinski definition) is 0. The molecule has 20 heavy (non-hydrogen) atoms. The molecule has 1 fully saturated rings. The van der Waals surface area contributed by atoms with Gasteiger partial charge in [-0.15, -0.1) is 0 Å². The predicted molar refractivity (Wildman–Crippen MR) is 82.9 cm³/mol. The lowest BCUT2D eigenvalue weighted by Gasteiger charge is -2.34. The van der Waals surface area contributed by atoms with Crippen molar-refractivity contribution in [3.8, 4) is 0 Å². The average molecular weight is 284 g/mol. The van der Waals surface area contributed by atoms with Crippen LogP contribution in [-0.4, -0.2) is 54.7 Å².